The fraction of sp³-hybridized carbons (Fsp3) is 0.467. The highest BCUT2D eigenvalue weighted by molar-refractivity contribution is 14.0. The van der Waals surface area contributed by atoms with Crippen molar-refractivity contribution in [3.8, 4) is 0 Å². The highest BCUT2D eigenvalue weighted by Crippen LogP contribution is 2.06. The van der Waals surface area contributed by atoms with E-state index in [4.69, 9.17) is 0 Å². The largest absolute Gasteiger partial charge is 0.353 e. The topological polar surface area (TPSA) is 71.2 Å². The van der Waals surface area contributed by atoms with Gasteiger partial charge in [-0.05, 0) is 6.92 Å². The molecular formula is C15H24IN7S. The standard InChI is InChI=1S/C15H23N7S.HI/c1-5-7-17-15(18-11-13-20-19-12(2)22(13)4)21(3)9-6-14-16-8-10-23-14;/h5,8,10H,1,6-7,9,11H2,2-4H3,(H,17,18);1H. The fourth-order valence-electron chi connectivity index (χ4n) is 1.96. The number of guanidine groups is 1. The van der Waals surface area contributed by atoms with Gasteiger partial charge >= 0.3 is 0 Å². The van der Waals surface area contributed by atoms with Gasteiger partial charge in [0.05, 0.1) is 5.01 Å². The Balaban J connectivity index is 0.00000288. The van der Waals surface area contributed by atoms with E-state index in [1.165, 1.54) is 0 Å². The Morgan fingerprint density at radius 1 is 1.50 bits per heavy atom. The first kappa shape index (κ1) is 20.6. The van der Waals surface area contributed by atoms with Gasteiger partial charge in [-0.3, -0.25) is 0 Å². The van der Waals surface area contributed by atoms with Crippen LogP contribution in [0.25, 0.3) is 0 Å². The summed E-state index contributed by atoms with van der Waals surface area (Å²) in [7, 11) is 3.97. The minimum Gasteiger partial charge on any atom is -0.353 e. The Morgan fingerprint density at radius 3 is 2.88 bits per heavy atom. The van der Waals surface area contributed by atoms with E-state index in [-0.39, 0.29) is 24.0 Å². The number of nitrogens with one attached hydrogen (secondary N) is 1. The summed E-state index contributed by atoms with van der Waals surface area (Å²) in [4.78, 5) is 11.1. The van der Waals surface area contributed by atoms with Crippen molar-refractivity contribution in [3.05, 3.63) is 40.9 Å². The van der Waals surface area contributed by atoms with Crippen molar-refractivity contribution in [2.45, 2.75) is 19.9 Å². The van der Waals surface area contributed by atoms with Crippen LogP contribution in [0.1, 0.15) is 16.7 Å². The molecule has 2 aromatic heterocycles. The van der Waals surface area contributed by atoms with Crippen LogP contribution in [0.2, 0.25) is 0 Å². The van der Waals surface area contributed by atoms with Crippen molar-refractivity contribution >= 4 is 41.3 Å². The van der Waals surface area contributed by atoms with Gasteiger partial charge in [-0.2, -0.15) is 0 Å². The predicted molar refractivity (Wildman–Crippen MR) is 109 cm³/mol. The summed E-state index contributed by atoms with van der Waals surface area (Å²) in [5, 5.41) is 14.6. The summed E-state index contributed by atoms with van der Waals surface area (Å²) in [5.41, 5.74) is 0. The Morgan fingerprint density at radius 2 is 2.29 bits per heavy atom. The number of halogens is 1. The van der Waals surface area contributed by atoms with Crippen LogP contribution in [-0.4, -0.2) is 50.7 Å². The second kappa shape index (κ2) is 10.4. The third-order valence-corrected chi connectivity index (χ3v) is 4.30. The SMILES string of the molecule is C=CCNC(=NCc1nnc(C)n1C)N(C)CCc1nccs1.I. The van der Waals surface area contributed by atoms with Gasteiger partial charge in [0.1, 0.15) is 12.4 Å². The number of nitrogens with zero attached hydrogens (tertiary/aromatic N) is 6. The number of rotatable bonds is 7. The third-order valence-electron chi connectivity index (χ3n) is 3.46. The number of aliphatic imine (C=N–C) groups is 1. The molecule has 24 heavy (non-hydrogen) atoms. The van der Waals surface area contributed by atoms with Crippen LogP contribution in [0.3, 0.4) is 0 Å². The van der Waals surface area contributed by atoms with Crippen LogP contribution in [0.5, 0.6) is 0 Å². The number of thiazole rings is 1. The smallest absolute Gasteiger partial charge is 0.194 e. The minimum absolute atomic E-state index is 0. The maximum absolute atomic E-state index is 4.65. The van der Waals surface area contributed by atoms with Crippen LogP contribution < -0.4 is 5.32 Å². The van der Waals surface area contributed by atoms with Crippen molar-refractivity contribution in [1.82, 2.24) is 30.0 Å². The van der Waals surface area contributed by atoms with E-state index < -0.39 is 0 Å². The zero-order chi connectivity index (χ0) is 16.7. The first-order valence-corrected chi connectivity index (χ1v) is 8.33. The molecule has 0 aliphatic rings. The molecule has 2 rings (SSSR count). The molecule has 9 heteroatoms. The van der Waals surface area contributed by atoms with E-state index in [1.54, 1.807) is 11.3 Å². The second-order valence-corrected chi connectivity index (χ2v) is 6.11. The minimum atomic E-state index is 0. The average molecular weight is 461 g/mol. The summed E-state index contributed by atoms with van der Waals surface area (Å²) < 4.78 is 1.95. The lowest BCUT2D eigenvalue weighted by Crippen LogP contribution is -2.40. The summed E-state index contributed by atoms with van der Waals surface area (Å²) in [6.07, 6.45) is 4.55. The molecule has 0 radical (unpaired) electrons. The van der Waals surface area contributed by atoms with Crippen LogP contribution in [-0.2, 0) is 20.0 Å². The van der Waals surface area contributed by atoms with Gasteiger partial charge in [0.25, 0.3) is 0 Å². The van der Waals surface area contributed by atoms with Gasteiger partial charge in [0.15, 0.2) is 11.8 Å². The van der Waals surface area contributed by atoms with Gasteiger partial charge in [0, 0.05) is 45.2 Å². The molecule has 2 aromatic rings. The molecule has 0 atom stereocenters. The zero-order valence-corrected chi connectivity index (χ0v) is 17.4. The molecule has 0 amide bonds. The Bertz CT molecular complexity index is 651. The molecule has 0 unspecified atom stereocenters. The monoisotopic (exact) mass is 461 g/mol. The van der Waals surface area contributed by atoms with Crippen molar-refractivity contribution in [1.29, 1.82) is 0 Å². The van der Waals surface area contributed by atoms with Crippen molar-refractivity contribution in [3.63, 3.8) is 0 Å². The van der Waals surface area contributed by atoms with E-state index >= 15 is 0 Å². The van der Waals surface area contributed by atoms with E-state index in [1.807, 2.05) is 43.2 Å². The molecule has 0 bridgehead atoms. The number of aryl methyl sites for hydroxylation is 1. The quantitative estimate of drug-likeness (QED) is 0.296. The molecule has 0 aliphatic carbocycles. The lowest BCUT2D eigenvalue weighted by atomic mass is 10.4. The first-order valence-electron chi connectivity index (χ1n) is 7.45. The Kier molecular flexibility index (Phi) is 8.90. The van der Waals surface area contributed by atoms with Crippen LogP contribution in [0, 0.1) is 6.92 Å². The number of hydrogen-bond donors (Lipinski definition) is 1. The molecule has 132 valence electrons. The molecule has 0 fully saturated rings. The second-order valence-electron chi connectivity index (χ2n) is 5.13. The zero-order valence-electron chi connectivity index (χ0n) is 14.3. The summed E-state index contributed by atoms with van der Waals surface area (Å²) in [5.74, 6) is 2.55. The van der Waals surface area contributed by atoms with Gasteiger partial charge in [-0.1, -0.05) is 6.08 Å². The van der Waals surface area contributed by atoms with Gasteiger partial charge in [-0.25, -0.2) is 9.98 Å². The van der Waals surface area contributed by atoms with E-state index in [2.05, 4.69) is 37.0 Å². The highest BCUT2D eigenvalue weighted by Gasteiger charge is 2.09. The van der Waals surface area contributed by atoms with Crippen LogP contribution in [0.15, 0.2) is 29.2 Å². The third kappa shape index (κ3) is 5.86. The highest BCUT2D eigenvalue weighted by atomic mass is 127. The summed E-state index contributed by atoms with van der Waals surface area (Å²) in [6.45, 7) is 7.66. The number of aromatic nitrogens is 4. The maximum atomic E-state index is 4.65. The molecule has 0 spiro atoms. The Labute approximate surface area is 163 Å². The van der Waals surface area contributed by atoms with Crippen molar-refractivity contribution < 1.29 is 0 Å². The number of hydrogen-bond acceptors (Lipinski definition) is 5. The van der Waals surface area contributed by atoms with Gasteiger partial charge in [0.2, 0.25) is 0 Å². The molecule has 0 aromatic carbocycles. The van der Waals surface area contributed by atoms with Crippen molar-refractivity contribution in [2.24, 2.45) is 12.0 Å². The molecule has 0 saturated carbocycles. The molecule has 2 heterocycles. The van der Waals surface area contributed by atoms with E-state index in [9.17, 15) is 0 Å². The summed E-state index contributed by atoms with van der Waals surface area (Å²) >= 11 is 1.67. The molecule has 0 aliphatic heterocycles. The molecule has 7 nitrogen and oxygen atoms in total. The van der Waals surface area contributed by atoms with E-state index in [0.29, 0.717) is 13.1 Å². The lowest BCUT2D eigenvalue weighted by Gasteiger charge is -2.21. The average Bonchev–Trinajstić information content (AvgIpc) is 3.17. The van der Waals surface area contributed by atoms with Crippen molar-refractivity contribution in [2.75, 3.05) is 20.1 Å². The van der Waals surface area contributed by atoms with Crippen LogP contribution in [0.4, 0.5) is 0 Å². The lowest BCUT2D eigenvalue weighted by molar-refractivity contribution is 0.485. The van der Waals surface area contributed by atoms with Crippen LogP contribution >= 0.6 is 35.3 Å². The molecular weight excluding hydrogens is 437 g/mol. The fourth-order valence-corrected chi connectivity index (χ4v) is 2.56. The molecule has 0 saturated heterocycles. The first-order chi connectivity index (χ1) is 11.1. The number of likely N-dealkylation sites (N-methyl/N-ethyl adjacent to an activating group) is 1. The molecule has 1 N–H and O–H groups in total. The van der Waals surface area contributed by atoms with Gasteiger partial charge in [-0.15, -0.1) is 52.1 Å². The maximum Gasteiger partial charge on any atom is 0.194 e. The normalized spacial score (nSPS) is 11.0. The predicted octanol–water partition coefficient (Wildman–Crippen LogP) is 2.00. The van der Waals surface area contributed by atoms with Gasteiger partial charge < -0.3 is 14.8 Å². The Hall–Kier alpha value is -1.49. The van der Waals surface area contributed by atoms with E-state index in [0.717, 1.165) is 35.6 Å². The summed E-state index contributed by atoms with van der Waals surface area (Å²) in [6, 6.07) is 0.